The third-order valence-electron chi connectivity index (χ3n) is 4.35. The SMILES string of the molecule is CCCCOc1ccc(CNC(=O)N(C)Cc2c(C)noc2C)cc1OC. The molecule has 0 bridgehead atoms. The first kappa shape index (κ1) is 20.6. The summed E-state index contributed by atoms with van der Waals surface area (Å²) in [6, 6.07) is 5.52. The summed E-state index contributed by atoms with van der Waals surface area (Å²) in [7, 11) is 3.36. The van der Waals surface area contributed by atoms with Crippen molar-refractivity contribution >= 4 is 6.03 Å². The Morgan fingerprint density at radius 1 is 1.30 bits per heavy atom. The van der Waals surface area contributed by atoms with E-state index in [1.165, 1.54) is 0 Å². The maximum atomic E-state index is 12.4. The van der Waals surface area contributed by atoms with E-state index in [1.54, 1.807) is 19.1 Å². The molecule has 0 saturated heterocycles. The van der Waals surface area contributed by atoms with Gasteiger partial charge in [-0.3, -0.25) is 0 Å². The lowest BCUT2D eigenvalue weighted by Gasteiger charge is -2.18. The number of hydrogen-bond acceptors (Lipinski definition) is 5. The highest BCUT2D eigenvalue weighted by Gasteiger charge is 2.15. The minimum atomic E-state index is -0.169. The van der Waals surface area contributed by atoms with Gasteiger partial charge in [0, 0.05) is 19.2 Å². The Morgan fingerprint density at radius 2 is 2.07 bits per heavy atom. The largest absolute Gasteiger partial charge is 0.493 e. The average Bonchev–Trinajstić information content (AvgIpc) is 2.98. The second-order valence-corrected chi connectivity index (χ2v) is 6.50. The Morgan fingerprint density at radius 3 is 2.70 bits per heavy atom. The van der Waals surface area contributed by atoms with E-state index in [1.807, 2.05) is 32.0 Å². The molecule has 1 aromatic heterocycles. The molecular formula is C20H29N3O4. The van der Waals surface area contributed by atoms with Crippen LogP contribution in [0.4, 0.5) is 4.79 Å². The summed E-state index contributed by atoms with van der Waals surface area (Å²) in [5.41, 5.74) is 2.67. The molecule has 27 heavy (non-hydrogen) atoms. The summed E-state index contributed by atoms with van der Waals surface area (Å²) in [6.07, 6.45) is 2.08. The first-order valence-electron chi connectivity index (χ1n) is 9.16. The van der Waals surface area contributed by atoms with Crippen LogP contribution in [0.25, 0.3) is 0 Å². The van der Waals surface area contributed by atoms with E-state index in [2.05, 4.69) is 17.4 Å². The maximum Gasteiger partial charge on any atom is 0.317 e. The van der Waals surface area contributed by atoms with Crippen molar-refractivity contribution in [2.24, 2.45) is 0 Å². The zero-order chi connectivity index (χ0) is 19.8. The number of carbonyl (C=O) groups is 1. The number of amides is 2. The minimum Gasteiger partial charge on any atom is -0.493 e. The van der Waals surface area contributed by atoms with Crippen LogP contribution < -0.4 is 14.8 Å². The number of hydrogen-bond donors (Lipinski definition) is 1. The molecule has 2 amide bonds. The molecule has 0 radical (unpaired) electrons. The summed E-state index contributed by atoms with van der Waals surface area (Å²) in [6.45, 7) is 7.34. The van der Waals surface area contributed by atoms with Gasteiger partial charge in [-0.15, -0.1) is 0 Å². The highest BCUT2D eigenvalue weighted by molar-refractivity contribution is 5.74. The number of ether oxygens (including phenoxy) is 2. The van der Waals surface area contributed by atoms with Crippen LogP contribution in [0.2, 0.25) is 0 Å². The van der Waals surface area contributed by atoms with Crippen molar-refractivity contribution in [2.45, 2.75) is 46.7 Å². The van der Waals surface area contributed by atoms with Gasteiger partial charge in [0.1, 0.15) is 5.76 Å². The van der Waals surface area contributed by atoms with Crippen molar-refractivity contribution in [1.29, 1.82) is 0 Å². The highest BCUT2D eigenvalue weighted by atomic mass is 16.5. The molecule has 7 heteroatoms. The third kappa shape index (κ3) is 5.64. The van der Waals surface area contributed by atoms with Crippen molar-refractivity contribution in [3.05, 3.63) is 40.8 Å². The molecule has 0 atom stereocenters. The molecule has 0 saturated carbocycles. The Bertz CT molecular complexity index is 738. The van der Waals surface area contributed by atoms with Crippen LogP contribution in [0.3, 0.4) is 0 Å². The van der Waals surface area contributed by atoms with Crippen molar-refractivity contribution < 1.29 is 18.8 Å². The fourth-order valence-electron chi connectivity index (χ4n) is 2.62. The van der Waals surface area contributed by atoms with Gasteiger partial charge in [0.05, 0.1) is 26.0 Å². The Hall–Kier alpha value is -2.70. The first-order valence-corrected chi connectivity index (χ1v) is 9.16. The number of benzene rings is 1. The number of aryl methyl sites for hydroxylation is 2. The topological polar surface area (TPSA) is 76.8 Å². The quantitative estimate of drug-likeness (QED) is 0.674. The molecule has 0 unspecified atom stereocenters. The monoisotopic (exact) mass is 375 g/mol. The number of methoxy groups -OCH3 is 1. The van der Waals surface area contributed by atoms with Gasteiger partial charge in [0.25, 0.3) is 0 Å². The molecule has 0 aliphatic rings. The molecule has 1 heterocycles. The zero-order valence-corrected chi connectivity index (χ0v) is 16.8. The van der Waals surface area contributed by atoms with Crippen molar-refractivity contribution in [1.82, 2.24) is 15.4 Å². The van der Waals surface area contributed by atoms with Crippen molar-refractivity contribution in [3.63, 3.8) is 0 Å². The first-order chi connectivity index (χ1) is 13.0. The van der Waals surface area contributed by atoms with Crippen LogP contribution in [0.5, 0.6) is 11.5 Å². The van der Waals surface area contributed by atoms with Crippen LogP contribution in [0.1, 0.15) is 42.3 Å². The number of urea groups is 1. The van der Waals surface area contributed by atoms with Crippen molar-refractivity contribution in [2.75, 3.05) is 20.8 Å². The molecule has 2 rings (SSSR count). The Kier molecular flexibility index (Phi) is 7.52. The van der Waals surface area contributed by atoms with Gasteiger partial charge in [-0.1, -0.05) is 24.6 Å². The summed E-state index contributed by atoms with van der Waals surface area (Å²) < 4.78 is 16.3. The minimum absolute atomic E-state index is 0.169. The summed E-state index contributed by atoms with van der Waals surface area (Å²) >= 11 is 0. The van der Waals surface area contributed by atoms with Gasteiger partial charge in [-0.25, -0.2) is 4.79 Å². The fraction of sp³-hybridized carbons (Fsp3) is 0.500. The van der Waals surface area contributed by atoms with Crippen molar-refractivity contribution in [3.8, 4) is 11.5 Å². The van der Waals surface area contributed by atoms with Gasteiger partial charge in [-0.2, -0.15) is 0 Å². The van der Waals surface area contributed by atoms with Crippen LogP contribution in [0.15, 0.2) is 22.7 Å². The fourth-order valence-corrected chi connectivity index (χ4v) is 2.62. The summed E-state index contributed by atoms with van der Waals surface area (Å²) in [5, 5.41) is 6.83. The standard InChI is InChI=1S/C20H29N3O4/c1-6-7-10-26-18-9-8-16(11-19(18)25-5)12-21-20(24)23(4)13-17-14(2)22-27-15(17)3/h8-9,11H,6-7,10,12-13H2,1-5H3,(H,21,24). The van der Waals surface area contributed by atoms with Gasteiger partial charge in [-0.05, 0) is 38.0 Å². The van der Waals surface area contributed by atoms with E-state index in [-0.39, 0.29) is 6.03 Å². The predicted octanol–water partition coefficient (Wildman–Crippen LogP) is 3.82. The van der Waals surface area contributed by atoms with E-state index in [4.69, 9.17) is 14.0 Å². The van der Waals surface area contributed by atoms with E-state index in [0.29, 0.717) is 25.4 Å². The van der Waals surface area contributed by atoms with Gasteiger partial charge >= 0.3 is 6.03 Å². The third-order valence-corrected chi connectivity index (χ3v) is 4.35. The molecule has 148 valence electrons. The summed E-state index contributed by atoms with van der Waals surface area (Å²) in [5.74, 6) is 2.12. The lowest BCUT2D eigenvalue weighted by atomic mass is 10.2. The van der Waals surface area contributed by atoms with E-state index < -0.39 is 0 Å². The second kappa shape index (κ2) is 9.85. The van der Waals surface area contributed by atoms with Gasteiger partial charge < -0.3 is 24.2 Å². The molecule has 0 fully saturated rings. The molecular weight excluding hydrogens is 346 g/mol. The number of carbonyl (C=O) groups excluding carboxylic acids is 1. The highest BCUT2D eigenvalue weighted by Crippen LogP contribution is 2.28. The molecule has 0 aliphatic heterocycles. The molecule has 7 nitrogen and oxygen atoms in total. The molecule has 1 N–H and O–H groups in total. The van der Waals surface area contributed by atoms with Gasteiger partial charge in [0.15, 0.2) is 11.5 Å². The molecule has 0 aliphatic carbocycles. The van der Waals surface area contributed by atoms with Crippen LogP contribution in [-0.2, 0) is 13.1 Å². The molecule has 2 aromatic rings. The van der Waals surface area contributed by atoms with Gasteiger partial charge in [0.2, 0.25) is 0 Å². The van der Waals surface area contributed by atoms with Crippen LogP contribution >= 0.6 is 0 Å². The Balaban J connectivity index is 1.92. The number of aromatic nitrogens is 1. The molecule has 1 aromatic carbocycles. The lowest BCUT2D eigenvalue weighted by molar-refractivity contribution is 0.206. The number of nitrogens with one attached hydrogen (secondary N) is 1. The number of unbranched alkanes of at least 4 members (excludes halogenated alkanes) is 1. The van der Waals surface area contributed by atoms with Crippen LogP contribution in [0, 0.1) is 13.8 Å². The average molecular weight is 375 g/mol. The Labute approximate surface area is 160 Å². The maximum absolute atomic E-state index is 12.4. The molecule has 0 spiro atoms. The van der Waals surface area contributed by atoms with E-state index >= 15 is 0 Å². The number of nitrogens with zero attached hydrogens (tertiary/aromatic N) is 2. The second-order valence-electron chi connectivity index (χ2n) is 6.50. The summed E-state index contributed by atoms with van der Waals surface area (Å²) in [4.78, 5) is 14.0. The number of rotatable bonds is 9. The van der Waals surface area contributed by atoms with Crippen LogP contribution in [-0.4, -0.2) is 36.9 Å². The zero-order valence-electron chi connectivity index (χ0n) is 16.8. The van der Waals surface area contributed by atoms with E-state index in [0.717, 1.165) is 41.2 Å². The normalized spacial score (nSPS) is 10.6. The lowest BCUT2D eigenvalue weighted by Crippen LogP contribution is -2.36. The smallest absolute Gasteiger partial charge is 0.317 e. The van der Waals surface area contributed by atoms with E-state index in [9.17, 15) is 4.79 Å². The predicted molar refractivity (Wildman–Crippen MR) is 103 cm³/mol.